The maximum Gasteiger partial charge on any atom is 0.237 e. The van der Waals surface area contributed by atoms with Crippen LogP contribution in [0.4, 0.5) is 0 Å². The van der Waals surface area contributed by atoms with E-state index in [2.05, 4.69) is 10.3 Å². The smallest absolute Gasteiger partial charge is 0.237 e. The Kier molecular flexibility index (Phi) is 4.53. The number of rotatable bonds is 6. The highest BCUT2D eigenvalue weighted by molar-refractivity contribution is 5.86. The van der Waals surface area contributed by atoms with Gasteiger partial charge in [0.05, 0.1) is 12.1 Å². The summed E-state index contributed by atoms with van der Waals surface area (Å²) in [5.74, 6) is -0.319. The highest BCUT2D eigenvalue weighted by atomic mass is 16.2. The molecule has 2 rings (SSSR count). The molecule has 5 nitrogen and oxygen atoms in total. The van der Waals surface area contributed by atoms with Crippen LogP contribution in [0.3, 0.4) is 0 Å². The number of benzene rings is 1. The van der Waals surface area contributed by atoms with Gasteiger partial charge in [0.2, 0.25) is 12.2 Å². The van der Waals surface area contributed by atoms with Crippen molar-refractivity contribution in [1.29, 1.82) is 0 Å². The van der Waals surface area contributed by atoms with Gasteiger partial charge < -0.3 is 16.0 Å². The predicted molar refractivity (Wildman–Crippen MR) is 77.9 cm³/mol. The van der Waals surface area contributed by atoms with E-state index < -0.39 is 12.1 Å². The molecule has 0 aliphatic carbocycles. The first-order valence-corrected chi connectivity index (χ1v) is 6.64. The molecule has 1 heterocycles. The van der Waals surface area contributed by atoms with Crippen molar-refractivity contribution in [3.05, 3.63) is 36.0 Å². The van der Waals surface area contributed by atoms with Crippen LogP contribution in [-0.2, 0) is 16.0 Å². The number of hydrogen-bond donors (Lipinski definition) is 3. The highest BCUT2D eigenvalue weighted by Crippen LogP contribution is 2.18. The van der Waals surface area contributed by atoms with Gasteiger partial charge in [0.15, 0.2) is 0 Å². The van der Waals surface area contributed by atoms with Crippen LogP contribution in [0.15, 0.2) is 30.5 Å². The molecule has 1 aromatic heterocycles. The highest BCUT2D eigenvalue weighted by Gasteiger charge is 2.18. The third kappa shape index (κ3) is 3.05. The van der Waals surface area contributed by atoms with Crippen molar-refractivity contribution in [2.75, 3.05) is 0 Å². The van der Waals surface area contributed by atoms with E-state index in [4.69, 9.17) is 5.73 Å². The summed E-state index contributed by atoms with van der Waals surface area (Å²) < 4.78 is 0. The maximum absolute atomic E-state index is 11.7. The Morgan fingerprint density at radius 2 is 2.20 bits per heavy atom. The van der Waals surface area contributed by atoms with Crippen molar-refractivity contribution in [2.24, 2.45) is 5.73 Å². The number of H-pyrrole nitrogens is 1. The second kappa shape index (κ2) is 6.34. The number of amides is 1. The normalized spacial score (nSPS) is 13.9. The minimum absolute atomic E-state index is 0.319. The third-order valence-corrected chi connectivity index (χ3v) is 3.33. The van der Waals surface area contributed by atoms with Crippen molar-refractivity contribution in [2.45, 2.75) is 31.8 Å². The van der Waals surface area contributed by atoms with Gasteiger partial charge in [-0.3, -0.25) is 9.59 Å². The van der Waals surface area contributed by atoms with E-state index in [1.54, 1.807) is 0 Å². The van der Waals surface area contributed by atoms with Crippen LogP contribution in [0.5, 0.6) is 0 Å². The lowest BCUT2D eigenvalue weighted by Gasteiger charge is -2.14. The second-order valence-corrected chi connectivity index (χ2v) is 4.76. The van der Waals surface area contributed by atoms with Gasteiger partial charge in [-0.25, -0.2) is 0 Å². The molecule has 5 heteroatoms. The first-order chi connectivity index (χ1) is 9.65. The second-order valence-electron chi connectivity index (χ2n) is 4.76. The summed E-state index contributed by atoms with van der Waals surface area (Å²) in [5.41, 5.74) is 7.61. The van der Waals surface area contributed by atoms with E-state index in [1.165, 1.54) is 0 Å². The zero-order chi connectivity index (χ0) is 14.5. The predicted octanol–water partition coefficient (Wildman–Crippen LogP) is 1.04. The number of aromatic nitrogens is 1. The number of aromatic amines is 1. The largest absolute Gasteiger partial charge is 0.361 e. The molecule has 4 N–H and O–H groups in total. The van der Waals surface area contributed by atoms with E-state index in [0.717, 1.165) is 16.5 Å². The van der Waals surface area contributed by atoms with Gasteiger partial charge in [-0.2, -0.15) is 0 Å². The summed E-state index contributed by atoms with van der Waals surface area (Å²) >= 11 is 0. The lowest BCUT2D eigenvalue weighted by atomic mass is 10.1. The molecule has 2 atom stereocenters. The fourth-order valence-corrected chi connectivity index (χ4v) is 2.11. The summed E-state index contributed by atoms with van der Waals surface area (Å²) in [6.45, 7) is 1.82. The van der Waals surface area contributed by atoms with Crippen molar-refractivity contribution in [3.63, 3.8) is 0 Å². The third-order valence-electron chi connectivity index (χ3n) is 3.33. The quantitative estimate of drug-likeness (QED) is 0.734. The summed E-state index contributed by atoms with van der Waals surface area (Å²) in [5, 5.41) is 3.66. The average Bonchev–Trinajstić information content (AvgIpc) is 2.88. The van der Waals surface area contributed by atoms with Gasteiger partial charge in [-0.15, -0.1) is 0 Å². The van der Waals surface area contributed by atoms with Crippen LogP contribution in [0, 0.1) is 0 Å². The van der Waals surface area contributed by atoms with Gasteiger partial charge in [0.25, 0.3) is 0 Å². The van der Waals surface area contributed by atoms with Crippen LogP contribution in [0.2, 0.25) is 0 Å². The molecule has 0 aliphatic rings. The Labute approximate surface area is 117 Å². The molecular weight excluding hydrogens is 254 g/mol. The van der Waals surface area contributed by atoms with Gasteiger partial charge in [0.1, 0.15) is 0 Å². The van der Waals surface area contributed by atoms with Gasteiger partial charge in [-0.1, -0.05) is 25.1 Å². The van der Waals surface area contributed by atoms with E-state index >= 15 is 0 Å². The van der Waals surface area contributed by atoms with Crippen molar-refractivity contribution in [3.8, 4) is 0 Å². The minimum atomic E-state index is -0.681. The number of carbonyl (C=O) groups is 1. The molecule has 1 amide bonds. The van der Waals surface area contributed by atoms with Crippen molar-refractivity contribution < 1.29 is 9.59 Å². The Hall–Kier alpha value is -2.14. The average molecular weight is 272 g/mol. The molecule has 1 aromatic carbocycles. The lowest BCUT2D eigenvalue weighted by molar-refractivity contribution is -0.122. The molecule has 20 heavy (non-hydrogen) atoms. The van der Waals surface area contributed by atoms with E-state index in [0.29, 0.717) is 12.8 Å². The van der Waals surface area contributed by atoms with Crippen LogP contribution in [0.25, 0.3) is 10.9 Å². The molecule has 0 saturated heterocycles. The summed E-state index contributed by atoms with van der Waals surface area (Å²) in [6.07, 6.45) is 4.64. The maximum atomic E-state index is 11.7. The van der Waals surface area contributed by atoms with Crippen molar-refractivity contribution >= 4 is 23.1 Å². The molecule has 0 bridgehead atoms. The fraction of sp³-hybridized carbons (Fsp3) is 0.333. The Morgan fingerprint density at radius 3 is 2.90 bits per heavy atom. The molecule has 0 saturated carbocycles. The molecule has 0 fully saturated rings. The number of para-hydroxylation sites is 1. The minimum Gasteiger partial charge on any atom is -0.361 e. The number of nitrogens with one attached hydrogen (secondary N) is 2. The summed E-state index contributed by atoms with van der Waals surface area (Å²) in [7, 11) is 0. The molecule has 1 unspecified atom stereocenters. The molecule has 1 radical (unpaired) electrons. The van der Waals surface area contributed by atoms with Crippen LogP contribution >= 0.6 is 0 Å². The first kappa shape index (κ1) is 14.3. The van der Waals surface area contributed by atoms with E-state index in [-0.39, 0.29) is 5.91 Å². The zero-order valence-corrected chi connectivity index (χ0v) is 11.3. The van der Waals surface area contributed by atoms with Gasteiger partial charge in [-0.05, 0) is 18.1 Å². The summed E-state index contributed by atoms with van der Waals surface area (Å²) in [6, 6.07) is 6.54. The summed E-state index contributed by atoms with van der Waals surface area (Å²) in [4.78, 5) is 25.9. The SMILES string of the molecule is CCC(N)C(=O)N[C@H]([C]=O)Cc1c[nH]c2ccccc12. The van der Waals surface area contributed by atoms with Gasteiger partial charge in [0, 0.05) is 23.5 Å². The molecular formula is C15H18N3O2. The van der Waals surface area contributed by atoms with Crippen molar-refractivity contribution in [1.82, 2.24) is 10.3 Å². The monoisotopic (exact) mass is 272 g/mol. The van der Waals surface area contributed by atoms with E-state index in [1.807, 2.05) is 43.7 Å². The van der Waals surface area contributed by atoms with Crippen LogP contribution in [0.1, 0.15) is 18.9 Å². The molecule has 2 aromatic rings. The fourth-order valence-electron chi connectivity index (χ4n) is 2.11. The van der Waals surface area contributed by atoms with Crippen LogP contribution in [-0.4, -0.2) is 29.3 Å². The number of nitrogens with two attached hydrogens (primary N) is 1. The standard InChI is InChI=1S/C15H18N3O2/c1-2-13(16)15(20)18-11(9-19)7-10-8-17-14-6-4-3-5-12(10)14/h3-6,8,11,13,17H,2,7,16H2,1H3,(H,18,20)/t11-,13?/m0/s1. The topological polar surface area (TPSA) is 88.0 Å². The zero-order valence-electron chi connectivity index (χ0n) is 11.3. The molecule has 0 spiro atoms. The Morgan fingerprint density at radius 1 is 1.45 bits per heavy atom. The van der Waals surface area contributed by atoms with E-state index in [9.17, 15) is 9.59 Å². The molecule has 105 valence electrons. The van der Waals surface area contributed by atoms with Crippen LogP contribution < -0.4 is 11.1 Å². The number of hydrogen-bond acceptors (Lipinski definition) is 3. The Bertz CT molecular complexity index is 606. The lowest BCUT2D eigenvalue weighted by Crippen LogP contribution is -2.46. The Balaban J connectivity index is 2.10. The first-order valence-electron chi connectivity index (χ1n) is 6.64. The number of fused-ring (bicyclic) bond motifs is 1. The number of carbonyl (C=O) groups excluding carboxylic acids is 2. The van der Waals surface area contributed by atoms with Gasteiger partial charge >= 0.3 is 0 Å². The molecule has 0 aliphatic heterocycles.